The van der Waals surface area contributed by atoms with Gasteiger partial charge in [-0.1, -0.05) is 31.2 Å². The van der Waals surface area contributed by atoms with Crippen LogP contribution in [0.1, 0.15) is 31.7 Å². The number of para-hydroxylation sites is 2. The van der Waals surface area contributed by atoms with Gasteiger partial charge in [0.25, 0.3) is 0 Å². The highest BCUT2D eigenvalue weighted by molar-refractivity contribution is 5.81. The van der Waals surface area contributed by atoms with Gasteiger partial charge in [-0.2, -0.15) is 0 Å². The summed E-state index contributed by atoms with van der Waals surface area (Å²) in [5.74, 6) is 1.34. The first-order valence-corrected chi connectivity index (χ1v) is 8.16. The number of nitrogens with one attached hydrogen (secondary N) is 1. The zero-order valence-electron chi connectivity index (χ0n) is 14.6. The van der Waals surface area contributed by atoms with E-state index in [9.17, 15) is 0 Å². The molecule has 0 aliphatic heterocycles. The summed E-state index contributed by atoms with van der Waals surface area (Å²) in [5, 5.41) is 3.45. The molecule has 126 valence electrons. The molecule has 0 fully saturated rings. The molecule has 0 spiro atoms. The van der Waals surface area contributed by atoms with Gasteiger partial charge in [0.05, 0.1) is 18.5 Å². The standard InChI is InChI=1S/C20H25N3O/c1-5-22-17-10-8-11-18(20(17)21-3)23-14-13-15(2)16-9-6-7-12-19(16)24-4/h5-12,15,23H,3,13-14H2,1-2,4H3. The molecule has 2 aromatic rings. The molecule has 0 bridgehead atoms. The van der Waals surface area contributed by atoms with Crippen LogP contribution in [-0.4, -0.2) is 26.6 Å². The number of hydrogen-bond acceptors (Lipinski definition) is 4. The zero-order valence-corrected chi connectivity index (χ0v) is 14.6. The van der Waals surface area contributed by atoms with Crippen LogP contribution in [-0.2, 0) is 0 Å². The van der Waals surface area contributed by atoms with Gasteiger partial charge in [-0.3, -0.25) is 9.98 Å². The Labute approximate surface area is 144 Å². The lowest BCUT2D eigenvalue weighted by molar-refractivity contribution is 0.405. The third-order valence-electron chi connectivity index (χ3n) is 4.00. The van der Waals surface area contributed by atoms with Crippen molar-refractivity contribution >= 4 is 30.0 Å². The van der Waals surface area contributed by atoms with Crippen molar-refractivity contribution in [3.8, 4) is 5.75 Å². The van der Waals surface area contributed by atoms with Crippen LogP contribution < -0.4 is 10.1 Å². The Kier molecular flexibility index (Phi) is 6.55. The Bertz CT molecular complexity index is 710. The molecule has 0 aliphatic rings. The first-order valence-electron chi connectivity index (χ1n) is 8.16. The van der Waals surface area contributed by atoms with Crippen molar-refractivity contribution in [2.24, 2.45) is 9.98 Å². The first kappa shape index (κ1) is 17.7. The van der Waals surface area contributed by atoms with E-state index in [1.807, 2.05) is 43.3 Å². The van der Waals surface area contributed by atoms with Gasteiger partial charge < -0.3 is 10.1 Å². The molecule has 1 atom stereocenters. The molecule has 2 rings (SSSR count). The molecule has 2 aromatic carbocycles. The van der Waals surface area contributed by atoms with E-state index in [0.29, 0.717) is 5.92 Å². The first-order chi connectivity index (χ1) is 11.7. The Morgan fingerprint density at radius 2 is 2.00 bits per heavy atom. The van der Waals surface area contributed by atoms with Crippen molar-refractivity contribution in [3.05, 3.63) is 48.0 Å². The second kappa shape index (κ2) is 8.87. The minimum Gasteiger partial charge on any atom is -0.496 e. The molecule has 4 heteroatoms. The summed E-state index contributed by atoms with van der Waals surface area (Å²) in [7, 11) is 1.71. The number of methoxy groups -OCH3 is 1. The fourth-order valence-electron chi connectivity index (χ4n) is 2.74. The summed E-state index contributed by atoms with van der Waals surface area (Å²) in [6.45, 7) is 8.60. The zero-order chi connectivity index (χ0) is 17.4. The Hall–Kier alpha value is -2.62. The lowest BCUT2D eigenvalue weighted by Gasteiger charge is -2.17. The van der Waals surface area contributed by atoms with Gasteiger partial charge >= 0.3 is 0 Å². The van der Waals surface area contributed by atoms with Crippen molar-refractivity contribution in [1.82, 2.24) is 0 Å². The maximum atomic E-state index is 5.45. The number of ether oxygens (including phenoxy) is 1. The summed E-state index contributed by atoms with van der Waals surface area (Å²) in [5.41, 5.74) is 3.81. The maximum absolute atomic E-state index is 5.45. The van der Waals surface area contributed by atoms with Crippen LogP contribution in [0.25, 0.3) is 0 Å². The quantitative estimate of drug-likeness (QED) is 0.665. The summed E-state index contributed by atoms with van der Waals surface area (Å²) in [6.07, 6.45) is 2.75. The van der Waals surface area contributed by atoms with Gasteiger partial charge in [-0.05, 0) is 49.7 Å². The van der Waals surface area contributed by atoms with Gasteiger partial charge in [-0.25, -0.2) is 0 Å². The SMILES string of the molecule is C=Nc1c(N=CC)cccc1NCCC(C)c1ccccc1OC. The monoisotopic (exact) mass is 323 g/mol. The second-order valence-electron chi connectivity index (χ2n) is 5.58. The molecule has 0 saturated heterocycles. The molecule has 1 unspecified atom stereocenters. The number of anilines is 1. The molecular weight excluding hydrogens is 298 g/mol. The third kappa shape index (κ3) is 4.22. The van der Waals surface area contributed by atoms with Crippen molar-refractivity contribution in [1.29, 1.82) is 0 Å². The van der Waals surface area contributed by atoms with Crippen molar-refractivity contribution < 1.29 is 4.74 Å². The Morgan fingerprint density at radius 1 is 1.21 bits per heavy atom. The topological polar surface area (TPSA) is 46.0 Å². The maximum Gasteiger partial charge on any atom is 0.122 e. The average molecular weight is 323 g/mol. The fraction of sp³-hybridized carbons (Fsp3) is 0.300. The van der Waals surface area contributed by atoms with Crippen LogP contribution in [0.4, 0.5) is 17.1 Å². The molecule has 1 N–H and O–H groups in total. The number of hydrogen-bond donors (Lipinski definition) is 1. The lowest BCUT2D eigenvalue weighted by Crippen LogP contribution is -2.07. The molecule has 24 heavy (non-hydrogen) atoms. The largest absolute Gasteiger partial charge is 0.496 e. The van der Waals surface area contributed by atoms with Crippen LogP contribution in [0.2, 0.25) is 0 Å². The van der Waals surface area contributed by atoms with Crippen LogP contribution in [0.5, 0.6) is 5.75 Å². The van der Waals surface area contributed by atoms with E-state index in [1.54, 1.807) is 13.3 Å². The van der Waals surface area contributed by atoms with Gasteiger partial charge in [0.2, 0.25) is 0 Å². The summed E-state index contributed by atoms with van der Waals surface area (Å²) in [4.78, 5) is 8.46. The Balaban J connectivity index is 2.04. The summed E-state index contributed by atoms with van der Waals surface area (Å²) >= 11 is 0. The Morgan fingerprint density at radius 3 is 2.71 bits per heavy atom. The molecule has 0 heterocycles. The highest BCUT2D eigenvalue weighted by Gasteiger charge is 2.11. The number of rotatable bonds is 8. The van der Waals surface area contributed by atoms with Crippen LogP contribution in [0, 0.1) is 0 Å². The van der Waals surface area contributed by atoms with Gasteiger partial charge in [-0.15, -0.1) is 0 Å². The van der Waals surface area contributed by atoms with Crippen molar-refractivity contribution in [2.45, 2.75) is 26.2 Å². The van der Waals surface area contributed by atoms with Crippen molar-refractivity contribution in [2.75, 3.05) is 19.0 Å². The second-order valence-corrected chi connectivity index (χ2v) is 5.58. The normalized spacial score (nSPS) is 12.1. The molecule has 0 radical (unpaired) electrons. The molecular formula is C20H25N3O. The summed E-state index contributed by atoms with van der Waals surface area (Å²) in [6, 6.07) is 14.1. The lowest BCUT2D eigenvalue weighted by atomic mass is 9.97. The average Bonchev–Trinajstić information content (AvgIpc) is 2.62. The minimum atomic E-state index is 0.394. The highest BCUT2D eigenvalue weighted by Crippen LogP contribution is 2.35. The van der Waals surface area contributed by atoms with Crippen molar-refractivity contribution in [3.63, 3.8) is 0 Å². The van der Waals surface area contributed by atoms with E-state index in [4.69, 9.17) is 4.74 Å². The van der Waals surface area contributed by atoms with Crippen LogP contribution in [0.3, 0.4) is 0 Å². The smallest absolute Gasteiger partial charge is 0.122 e. The molecule has 0 aromatic heterocycles. The molecule has 0 amide bonds. The predicted octanol–water partition coefficient (Wildman–Crippen LogP) is 5.36. The van der Waals surface area contributed by atoms with E-state index in [0.717, 1.165) is 35.8 Å². The van der Waals surface area contributed by atoms with Gasteiger partial charge in [0, 0.05) is 12.8 Å². The van der Waals surface area contributed by atoms with E-state index in [1.165, 1.54) is 5.56 Å². The van der Waals surface area contributed by atoms with Gasteiger partial charge in [0.15, 0.2) is 0 Å². The van der Waals surface area contributed by atoms with Crippen LogP contribution in [0.15, 0.2) is 52.4 Å². The number of nitrogens with zero attached hydrogens (tertiary/aromatic N) is 2. The van der Waals surface area contributed by atoms with Crippen LogP contribution >= 0.6 is 0 Å². The highest BCUT2D eigenvalue weighted by atomic mass is 16.5. The van der Waals surface area contributed by atoms with E-state index < -0.39 is 0 Å². The van der Waals surface area contributed by atoms with E-state index >= 15 is 0 Å². The summed E-state index contributed by atoms with van der Waals surface area (Å²) < 4.78 is 5.45. The predicted molar refractivity (Wildman–Crippen MR) is 104 cm³/mol. The van der Waals surface area contributed by atoms with Gasteiger partial charge in [0.1, 0.15) is 11.4 Å². The third-order valence-corrected chi connectivity index (χ3v) is 4.00. The molecule has 4 nitrogen and oxygen atoms in total. The van der Waals surface area contributed by atoms with E-state index in [2.05, 4.69) is 35.0 Å². The fourth-order valence-corrected chi connectivity index (χ4v) is 2.74. The number of benzene rings is 2. The molecule has 0 saturated carbocycles. The minimum absolute atomic E-state index is 0.394. The van der Waals surface area contributed by atoms with E-state index in [-0.39, 0.29) is 0 Å². The number of aliphatic imine (C=N–C) groups is 2. The molecule has 0 aliphatic carbocycles.